The summed E-state index contributed by atoms with van der Waals surface area (Å²) in [5.41, 5.74) is 3.56. The Morgan fingerprint density at radius 2 is 1.76 bits per heavy atom. The normalized spacial score (nSPS) is 10.5. The predicted octanol–water partition coefficient (Wildman–Crippen LogP) is 3.96. The van der Waals surface area contributed by atoms with E-state index in [4.69, 9.17) is 0 Å². The number of hydrogen-bond acceptors (Lipinski definition) is 3. The zero-order valence-corrected chi connectivity index (χ0v) is 11.4. The van der Waals surface area contributed by atoms with Crippen LogP contribution in [-0.4, -0.2) is 18.1 Å². The molecule has 0 N–H and O–H groups in total. The molecule has 2 nitrogen and oxygen atoms in total. The molecule has 1 aromatic heterocycles. The largest absolute Gasteiger partial charge is 0.372 e. The van der Waals surface area contributed by atoms with Crippen LogP contribution in [0.1, 0.15) is 18.9 Å². The minimum atomic E-state index is 1.05. The van der Waals surface area contributed by atoms with Gasteiger partial charge in [0.25, 0.3) is 0 Å². The fourth-order valence-corrected chi connectivity index (χ4v) is 2.55. The number of anilines is 1. The van der Waals surface area contributed by atoms with Crippen molar-refractivity contribution in [2.75, 3.05) is 18.0 Å². The number of aromatic nitrogens is 1. The molecule has 0 amide bonds. The lowest BCUT2D eigenvalue weighted by atomic mass is 10.1. The molecule has 1 heterocycles. The molecule has 17 heavy (non-hydrogen) atoms. The van der Waals surface area contributed by atoms with E-state index in [0.29, 0.717) is 0 Å². The molecule has 0 saturated carbocycles. The predicted molar refractivity (Wildman–Crippen MR) is 75.8 cm³/mol. The molecule has 0 bridgehead atoms. The topological polar surface area (TPSA) is 16.1 Å². The molecule has 0 fully saturated rings. The second kappa shape index (κ2) is 5.32. The highest BCUT2D eigenvalue weighted by Crippen LogP contribution is 2.24. The average molecular weight is 246 g/mol. The van der Waals surface area contributed by atoms with E-state index in [1.54, 1.807) is 11.3 Å². The maximum Gasteiger partial charge on any atom is 0.0901 e. The van der Waals surface area contributed by atoms with Gasteiger partial charge in [0.05, 0.1) is 10.7 Å². The van der Waals surface area contributed by atoms with E-state index < -0.39 is 0 Å². The molecular weight excluding hydrogens is 228 g/mol. The third-order valence-corrected chi connectivity index (χ3v) is 3.68. The van der Waals surface area contributed by atoms with Gasteiger partial charge in [-0.1, -0.05) is 12.1 Å². The minimum absolute atomic E-state index is 1.05. The van der Waals surface area contributed by atoms with Gasteiger partial charge in [-0.3, -0.25) is 0 Å². The van der Waals surface area contributed by atoms with Crippen LogP contribution in [0.3, 0.4) is 0 Å². The zero-order valence-electron chi connectivity index (χ0n) is 10.6. The number of benzene rings is 1. The molecule has 0 spiro atoms. The summed E-state index contributed by atoms with van der Waals surface area (Å²) in [6.45, 7) is 8.50. The number of aryl methyl sites for hydroxylation is 1. The maximum absolute atomic E-state index is 4.50. The maximum atomic E-state index is 4.50. The molecule has 0 unspecified atom stereocenters. The Balaban J connectivity index is 2.23. The molecule has 0 saturated heterocycles. The number of hydrogen-bond donors (Lipinski definition) is 0. The van der Waals surface area contributed by atoms with Crippen molar-refractivity contribution in [2.24, 2.45) is 0 Å². The van der Waals surface area contributed by atoms with Crippen molar-refractivity contribution in [3.63, 3.8) is 0 Å². The molecule has 3 heteroatoms. The van der Waals surface area contributed by atoms with Gasteiger partial charge in [-0.15, -0.1) is 11.3 Å². The molecule has 0 radical (unpaired) electrons. The fourth-order valence-electron chi connectivity index (χ4n) is 1.93. The van der Waals surface area contributed by atoms with Crippen LogP contribution in [0.15, 0.2) is 29.6 Å². The SMILES string of the molecule is CCN(CC)c1ccc(-c2csc(C)n2)cc1. The van der Waals surface area contributed by atoms with E-state index >= 15 is 0 Å². The van der Waals surface area contributed by atoms with Crippen molar-refractivity contribution >= 4 is 17.0 Å². The van der Waals surface area contributed by atoms with Crippen LogP contribution in [0.2, 0.25) is 0 Å². The number of rotatable bonds is 4. The Labute approximate surface area is 107 Å². The van der Waals surface area contributed by atoms with Gasteiger partial charge in [-0.05, 0) is 32.9 Å². The van der Waals surface area contributed by atoms with Crippen LogP contribution in [0.4, 0.5) is 5.69 Å². The Morgan fingerprint density at radius 3 is 2.24 bits per heavy atom. The van der Waals surface area contributed by atoms with Crippen LogP contribution in [0, 0.1) is 6.92 Å². The van der Waals surface area contributed by atoms with Crippen LogP contribution >= 0.6 is 11.3 Å². The van der Waals surface area contributed by atoms with Crippen molar-refractivity contribution < 1.29 is 0 Å². The van der Waals surface area contributed by atoms with E-state index in [-0.39, 0.29) is 0 Å². The molecule has 0 aliphatic heterocycles. The number of nitrogens with zero attached hydrogens (tertiary/aromatic N) is 2. The van der Waals surface area contributed by atoms with Crippen LogP contribution < -0.4 is 4.90 Å². The zero-order chi connectivity index (χ0) is 12.3. The third-order valence-electron chi connectivity index (χ3n) is 2.91. The van der Waals surface area contributed by atoms with E-state index in [9.17, 15) is 0 Å². The smallest absolute Gasteiger partial charge is 0.0901 e. The Bertz CT molecular complexity index is 469. The highest BCUT2D eigenvalue weighted by atomic mass is 32.1. The van der Waals surface area contributed by atoms with Gasteiger partial charge in [0.1, 0.15) is 0 Å². The first-order valence-corrected chi connectivity index (χ1v) is 6.90. The summed E-state index contributed by atoms with van der Waals surface area (Å²) in [5.74, 6) is 0. The molecule has 0 atom stereocenters. The summed E-state index contributed by atoms with van der Waals surface area (Å²) in [4.78, 5) is 6.84. The molecular formula is C14H18N2S. The lowest BCUT2D eigenvalue weighted by molar-refractivity contribution is 0.866. The lowest BCUT2D eigenvalue weighted by Crippen LogP contribution is -2.21. The quantitative estimate of drug-likeness (QED) is 0.811. The van der Waals surface area contributed by atoms with Gasteiger partial charge in [0.2, 0.25) is 0 Å². The highest BCUT2D eigenvalue weighted by Gasteiger charge is 2.04. The lowest BCUT2D eigenvalue weighted by Gasteiger charge is -2.20. The van der Waals surface area contributed by atoms with E-state index in [1.807, 2.05) is 6.92 Å². The van der Waals surface area contributed by atoms with Gasteiger partial charge >= 0.3 is 0 Å². The molecule has 0 aliphatic carbocycles. The first-order valence-electron chi connectivity index (χ1n) is 6.02. The van der Waals surface area contributed by atoms with E-state index in [1.165, 1.54) is 11.3 Å². The van der Waals surface area contributed by atoms with Gasteiger partial charge in [-0.2, -0.15) is 0 Å². The molecule has 2 rings (SSSR count). The molecule has 1 aromatic carbocycles. The Morgan fingerprint density at radius 1 is 1.12 bits per heavy atom. The van der Waals surface area contributed by atoms with Crippen molar-refractivity contribution in [3.05, 3.63) is 34.7 Å². The first-order chi connectivity index (χ1) is 8.24. The third kappa shape index (κ3) is 2.67. The van der Waals surface area contributed by atoms with Crippen LogP contribution in [0.5, 0.6) is 0 Å². The van der Waals surface area contributed by atoms with E-state index in [2.05, 4.69) is 53.4 Å². The monoisotopic (exact) mass is 246 g/mol. The van der Waals surface area contributed by atoms with Crippen molar-refractivity contribution in [2.45, 2.75) is 20.8 Å². The van der Waals surface area contributed by atoms with Gasteiger partial charge < -0.3 is 4.90 Å². The summed E-state index contributed by atoms with van der Waals surface area (Å²) in [7, 11) is 0. The standard InChI is InChI=1S/C14H18N2S/c1-4-16(5-2)13-8-6-12(7-9-13)14-10-17-11(3)15-14/h6-10H,4-5H2,1-3H3. The summed E-state index contributed by atoms with van der Waals surface area (Å²) < 4.78 is 0. The van der Waals surface area contributed by atoms with Gasteiger partial charge in [-0.25, -0.2) is 4.98 Å². The van der Waals surface area contributed by atoms with Crippen LogP contribution in [0.25, 0.3) is 11.3 Å². The summed E-state index contributed by atoms with van der Waals surface area (Å²) in [6, 6.07) is 8.66. The second-order valence-corrected chi connectivity index (χ2v) is 5.03. The van der Waals surface area contributed by atoms with E-state index in [0.717, 1.165) is 23.8 Å². The van der Waals surface area contributed by atoms with Gasteiger partial charge in [0.15, 0.2) is 0 Å². The Hall–Kier alpha value is -1.35. The van der Waals surface area contributed by atoms with Crippen molar-refractivity contribution in [1.82, 2.24) is 4.98 Å². The Kier molecular flexibility index (Phi) is 3.79. The first kappa shape index (κ1) is 12.1. The molecule has 90 valence electrons. The summed E-state index contributed by atoms with van der Waals surface area (Å²) >= 11 is 1.70. The molecule has 2 aromatic rings. The number of thiazole rings is 1. The van der Waals surface area contributed by atoms with Crippen LogP contribution in [-0.2, 0) is 0 Å². The second-order valence-electron chi connectivity index (χ2n) is 3.97. The van der Waals surface area contributed by atoms with Crippen molar-refractivity contribution in [3.8, 4) is 11.3 Å². The summed E-state index contributed by atoms with van der Waals surface area (Å²) in [5, 5.41) is 3.23. The molecule has 0 aliphatic rings. The average Bonchev–Trinajstić information content (AvgIpc) is 2.78. The van der Waals surface area contributed by atoms with Gasteiger partial charge in [0, 0.05) is 29.7 Å². The minimum Gasteiger partial charge on any atom is -0.372 e. The fraction of sp³-hybridized carbons (Fsp3) is 0.357. The summed E-state index contributed by atoms with van der Waals surface area (Å²) in [6.07, 6.45) is 0. The highest BCUT2D eigenvalue weighted by molar-refractivity contribution is 7.09. The van der Waals surface area contributed by atoms with Crippen molar-refractivity contribution in [1.29, 1.82) is 0 Å².